The molecule has 25 heavy (non-hydrogen) atoms. The lowest BCUT2D eigenvalue weighted by Crippen LogP contribution is -2.28. The molecule has 0 saturated heterocycles. The number of oxazole rings is 1. The lowest BCUT2D eigenvalue weighted by atomic mass is 10.1. The summed E-state index contributed by atoms with van der Waals surface area (Å²) in [5.41, 5.74) is 3.61. The number of hydrogen-bond acceptors (Lipinski definition) is 4. The summed E-state index contributed by atoms with van der Waals surface area (Å²) in [6.07, 6.45) is 1.97. The quantitative estimate of drug-likeness (QED) is 0.776. The Bertz CT molecular complexity index is 880. The van der Waals surface area contributed by atoms with Gasteiger partial charge in [-0.05, 0) is 32.9 Å². The lowest BCUT2D eigenvalue weighted by Gasteiger charge is -2.13. The van der Waals surface area contributed by atoms with Gasteiger partial charge in [0.2, 0.25) is 11.8 Å². The Morgan fingerprint density at radius 3 is 2.64 bits per heavy atom. The molecule has 1 N–H and O–H groups in total. The number of hydrogen-bond donors (Lipinski definition) is 1. The summed E-state index contributed by atoms with van der Waals surface area (Å²) in [6, 6.07) is 9.56. The van der Waals surface area contributed by atoms with Crippen molar-refractivity contribution in [2.24, 2.45) is 7.05 Å². The number of nitrogens with one attached hydrogen (secondary N) is 1. The maximum atomic E-state index is 12.4. The largest absolute Gasteiger partial charge is 0.441 e. The van der Waals surface area contributed by atoms with E-state index in [9.17, 15) is 4.79 Å². The van der Waals surface area contributed by atoms with E-state index in [1.54, 1.807) is 10.9 Å². The van der Waals surface area contributed by atoms with Gasteiger partial charge in [-0.2, -0.15) is 5.10 Å². The third-order valence-corrected chi connectivity index (χ3v) is 4.36. The second-order valence-corrected chi connectivity index (χ2v) is 6.16. The monoisotopic (exact) mass is 338 g/mol. The van der Waals surface area contributed by atoms with E-state index in [-0.39, 0.29) is 18.4 Å². The molecule has 0 spiro atoms. The highest BCUT2D eigenvalue weighted by atomic mass is 16.4. The first kappa shape index (κ1) is 17.0. The van der Waals surface area contributed by atoms with Crippen LogP contribution in [0.15, 0.2) is 40.9 Å². The van der Waals surface area contributed by atoms with E-state index >= 15 is 0 Å². The molecule has 0 radical (unpaired) electrons. The van der Waals surface area contributed by atoms with Crippen molar-refractivity contribution in [2.45, 2.75) is 33.2 Å². The van der Waals surface area contributed by atoms with Gasteiger partial charge in [0, 0.05) is 23.9 Å². The molecule has 1 aromatic carbocycles. The molecule has 3 rings (SSSR count). The molecule has 0 saturated carbocycles. The third-order valence-electron chi connectivity index (χ3n) is 4.36. The Labute approximate surface area is 146 Å². The van der Waals surface area contributed by atoms with Gasteiger partial charge in [0.1, 0.15) is 5.76 Å². The molecular weight excluding hydrogens is 316 g/mol. The van der Waals surface area contributed by atoms with Crippen LogP contribution in [0.2, 0.25) is 0 Å². The zero-order chi connectivity index (χ0) is 18.0. The van der Waals surface area contributed by atoms with Crippen molar-refractivity contribution in [3.8, 4) is 11.5 Å². The second kappa shape index (κ2) is 6.93. The van der Waals surface area contributed by atoms with Crippen LogP contribution in [0.25, 0.3) is 11.5 Å². The predicted molar refractivity (Wildman–Crippen MR) is 94.9 cm³/mol. The maximum Gasteiger partial charge on any atom is 0.226 e. The van der Waals surface area contributed by atoms with Crippen LogP contribution in [-0.2, 0) is 18.3 Å². The Kier molecular flexibility index (Phi) is 4.70. The van der Waals surface area contributed by atoms with E-state index in [1.807, 2.05) is 58.2 Å². The first-order valence-electron chi connectivity index (χ1n) is 8.25. The number of benzene rings is 1. The fourth-order valence-corrected chi connectivity index (χ4v) is 2.76. The van der Waals surface area contributed by atoms with Crippen molar-refractivity contribution in [1.29, 1.82) is 0 Å². The molecule has 3 aromatic rings. The average molecular weight is 338 g/mol. The molecule has 6 heteroatoms. The van der Waals surface area contributed by atoms with Gasteiger partial charge in [-0.25, -0.2) is 4.98 Å². The van der Waals surface area contributed by atoms with E-state index < -0.39 is 0 Å². The average Bonchev–Trinajstić information content (AvgIpc) is 3.12. The second-order valence-electron chi connectivity index (χ2n) is 6.16. The van der Waals surface area contributed by atoms with Crippen molar-refractivity contribution in [3.05, 3.63) is 59.2 Å². The van der Waals surface area contributed by atoms with Crippen molar-refractivity contribution >= 4 is 5.91 Å². The predicted octanol–water partition coefficient (Wildman–Crippen LogP) is 3.11. The minimum atomic E-state index is -0.109. The number of rotatable bonds is 5. The standard InChI is InChI=1S/C19H22N4O2/c1-12(16-11-20-23(4)13(16)2)21-18(24)10-17-14(3)25-19(22-17)15-8-6-5-7-9-15/h5-9,11-12H,10H2,1-4H3,(H,21,24). The van der Waals surface area contributed by atoms with E-state index in [1.165, 1.54) is 0 Å². The summed E-state index contributed by atoms with van der Waals surface area (Å²) in [6.45, 7) is 5.77. The van der Waals surface area contributed by atoms with E-state index in [4.69, 9.17) is 4.42 Å². The molecule has 0 bridgehead atoms. The van der Waals surface area contributed by atoms with Gasteiger partial charge in [0.05, 0.1) is 24.4 Å². The van der Waals surface area contributed by atoms with Gasteiger partial charge in [0.15, 0.2) is 0 Å². The minimum Gasteiger partial charge on any atom is -0.441 e. The smallest absolute Gasteiger partial charge is 0.226 e. The fraction of sp³-hybridized carbons (Fsp3) is 0.316. The Morgan fingerprint density at radius 2 is 2.00 bits per heavy atom. The molecule has 0 fully saturated rings. The molecule has 1 unspecified atom stereocenters. The minimum absolute atomic E-state index is 0.0910. The van der Waals surface area contributed by atoms with Gasteiger partial charge in [0.25, 0.3) is 0 Å². The van der Waals surface area contributed by atoms with Gasteiger partial charge >= 0.3 is 0 Å². The van der Waals surface area contributed by atoms with Crippen molar-refractivity contribution < 1.29 is 9.21 Å². The zero-order valence-corrected chi connectivity index (χ0v) is 14.9. The van der Waals surface area contributed by atoms with Crippen LogP contribution in [0.5, 0.6) is 0 Å². The number of carbonyl (C=O) groups is 1. The highest BCUT2D eigenvalue weighted by molar-refractivity contribution is 5.79. The normalized spacial score (nSPS) is 12.2. The molecule has 0 aliphatic heterocycles. The van der Waals surface area contributed by atoms with Crippen LogP contribution in [0.1, 0.15) is 35.7 Å². The molecule has 6 nitrogen and oxygen atoms in total. The summed E-state index contributed by atoms with van der Waals surface area (Å²) in [4.78, 5) is 16.9. The van der Waals surface area contributed by atoms with Crippen molar-refractivity contribution in [2.75, 3.05) is 0 Å². The molecule has 2 heterocycles. The number of carbonyl (C=O) groups excluding carboxylic acids is 1. The molecular formula is C19H22N4O2. The summed E-state index contributed by atoms with van der Waals surface area (Å²) < 4.78 is 7.51. The lowest BCUT2D eigenvalue weighted by molar-refractivity contribution is -0.121. The molecule has 0 aliphatic carbocycles. The van der Waals surface area contributed by atoms with Crippen LogP contribution in [0.4, 0.5) is 0 Å². The number of aryl methyl sites for hydroxylation is 2. The van der Waals surface area contributed by atoms with Crippen molar-refractivity contribution in [3.63, 3.8) is 0 Å². The first-order valence-corrected chi connectivity index (χ1v) is 8.25. The van der Waals surface area contributed by atoms with Gasteiger partial charge in [-0.1, -0.05) is 18.2 Å². The summed E-state index contributed by atoms with van der Waals surface area (Å²) >= 11 is 0. The topological polar surface area (TPSA) is 73.0 Å². The number of aromatic nitrogens is 3. The fourth-order valence-electron chi connectivity index (χ4n) is 2.76. The van der Waals surface area contributed by atoms with Crippen LogP contribution in [-0.4, -0.2) is 20.7 Å². The molecule has 130 valence electrons. The number of nitrogens with zero attached hydrogens (tertiary/aromatic N) is 3. The summed E-state index contributed by atoms with van der Waals surface area (Å²) in [7, 11) is 1.89. The van der Waals surface area contributed by atoms with Crippen LogP contribution in [0, 0.1) is 13.8 Å². The molecule has 1 atom stereocenters. The zero-order valence-electron chi connectivity index (χ0n) is 14.9. The molecule has 1 amide bonds. The van der Waals surface area contributed by atoms with Crippen LogP contribution < -0.4 is 5.32 Å². The van der Waals surface area contributed by atoms with E-state index in [2.05, 4.69) is 15.4 Å². The Hall–Kier alpha value is -2.89. The van der Waals surface area contributed by atoms with Crippen molar-refractivity contribution in [1.82, 2.24) is 20.1 Å². The number of amides is 1. The Balaban J connectivity index is 1.69. The van der Waals surface area contributed by atoms with Gasteiger partial charge in [-0.15, -0.1) is 0 Å². The summed E-state index contributed by atoms with van der Waals surface area (Å²) in [5, 5.41) is 7.22. The van der Waals surface area contributed by atoms with Crippen LogP contribution in [0.3, 0.4) is 0 Å². The SMILES string of the molecule is Cc1oc(-c2ccccc2)nc1CC(=O)NC(C)c1cnn(C)c1C. The molecule has 0 aliphatic rings. The van der Waals surface area contributed by atoms with E-state index in [0.29, 0.717) is 17.3 Å². The Morgan fingerprint density at radius 1 is 1.28 bits per heavy atom. The van der Waals surface area contributed by atoms with Gasteiger partial charge in [-0.3, -0.25) is 9.48 Å². The highest BCUT2D eigenvalue weighted by Crippen LogP contribution is 2.22. The molecule has 2 aromatic heterocycles. The van der Waals surface area contributed by atoms with E-state index in [0.717, 1.165) is 16.8 Å². The highest BCUT2D eigenvalue weighted by Gasteiger charge is 2.18. The summed E-state index contributed by atoms with van der Waals surface area (Å²) in [5.74, 6) is 1.11. The maximum absolute atomic E-state index is 12.4. The van der Waals surface area contributed by atoms with Gasteiger partial charge < -0.3 is 9.73 Å². The first-order chi connectivity index (χ1) is 12.0. The third kappa shape index (κ3) is 3.63. The van der Waals surface area contributed by atoms with Crippen LogP contribution >= 0.6 is 0 Å².